The standard InChI is InChI=1S/C14H17FN2O/c1-10-8-11(15)2-5-14(10)18-7-6-13(9-16)17-12-3-4-12/h2,5,8,12-13,17H,3-4,6-7H2,1H3. The molecule has 2 rings (SSSR count). The molecule has 1 saturated carbocycles. The number of aryl methyl sites for hydroxylation is 1. The van der Waals surface area contributed by atoms with E-state index in [2.05, 4.69) is 11.4 Å². The van der Waals surface area contributed by atoms with Gasteiger partial charge in [0.25, 0.3) is 0 Å². The van der Waals surface area contributed by atoms with Gasteiger partial charge in [0.2, 0.25) is 0 Å². The van der Waals surface area contributed by atoms with Gasteiger partial charge in [-0.25, -0.2) is 4.39 Å². The van der Waals surface area contributed by atoms with E-state index in [1.54, 1.807) is 6.07 Å². The average Bonchev–Trinajstić information content (AvgIpc) is 3.14. The zero-order valence-electron chi connectivity index (χ0n) is 10.4. The number of ether oxygens (including phenoxy) is 1. The van der Waals surface area contributed by atoms with Crippen molar-refractivity contribution in [1.82, 2.24) is 5.32 Å². The molecule has 1 fully saturated rings. The topological polar surface area (TPSA) is 45.0 Å². The van der Waals surface area contributed by atoms with Crippen LogP contribution in [0.25, 0.3) is 0 Å². The first kappa shape index (κ1) is 12.8. The average molecular weight is 248 g/mol. The first-order valence-electron chi connectivity index (χ1n) is 6.23. The molecule has 4 heteroatoms. The second-order valence-electron chi connectivity index (χ2n) is 4.67. The zero-order valence-corrected chi connectivity index (χ0v) is 10.4. The van der Waals surface area contributed by atoms with Crippen molar-refractivity contribution < 1.29 is 9.13 Å². The molecule has 1 aliphatic carbocycles. The Bertz CT molecular complexity index is 452. The molecular formula is C14H17FN2O. The molecule has 0 amide bonds. The first-order valence-corrected chi connectivity index (χ1v) is 6.23. The fourth-order valence-electron chi connectivity index (χ4n) is 1.78. The number of hydrogen-bond donors (Lipinski definition) is 1. The number of nitrogens with one attached hydrogen (secondary N) is 1. The number of rotatable bonds is 6. The van der Waals surface area contributed by atoms with E-state index in [9.17, 15) is 4.39 Å². The van der Waals surface area contributed by atoms with Crippen LogP contribution in [0, 0.1) is 24.1 Å². The molecular weight excluding hydrogens is 231 g/mol. The summed E-state index contributed by atoms with van der Waals surface area (Å²) in [4.78, 5) is 0. The Kier molecular flexibility index (Phi) is 4.16. The lowest BCUT2D eigenvalue weighted by Crippen LogP contribution is -2.31. The quantitative estimate of drug-likeness (QED) is 0.841. The molecule has 1 unspecified atom stereocenters. The molecule has 18 heavy (non-hydrogen) atoms. The third kappa shape index (κ3) is 3.71. The molecule has 0 aliphatic heterocycles. The Morgan fingerprint density at radius 3 is 2.94 bits per heavy atom. The molecule has 0 heterocycles. The van der Waals surface area contributed by atoms with Gasteiger partial charge < -0.3 is 4.74 Å². The van der Waals surface area contributed by atoms with Gasteiger partial charge in [-0.15, -0.1) is 0 Å². The monoisotopic (exact) mass is 248 g/mol. The summed E-state index contributed by atoms with van der Waals surface area (Å²) in [5, 5.41) is 12.2. The van der Waals surface area contributed by atoms with E-state index in [0.717, 1.165) is 18.4 Å². The van der Waals surface area contributed by atoms with Crippen LogP contribution in [-0.2, 0) is 0 Å². The van der Waals surface area contributed by atoms with Crippen LogP contribution in [0.3, 0.4) is 0 Å². The molecule has 1 atom stereocenters. The molecule has 1 aliphatic rings. The minimum atomic E-state index is -0.259. The smallest absolute Gasteiger partial charge is 0.123 e. The van der Waals surface area contributed by atoms with Crippen LogP contribution < -0.4 is 10.1 Å². The van der Waals surface area contributed by atoms with Crippen molar-refractivity contribution >= 4 is 0 Å². The SMILES string of the molecule is Cc1cc(F)ccc1OCCC(C#N)NC1CC1. The summed E-state index contributed by atoms with van der Waals surface area (Å²) in [6.45, 7) is 2.27. The van der Waals surface area contributed by atoms with Gasteiger partial charge in [0, 0.05) is 12.5 Å². The summed E-state index contributed by atoms with van der Waals surface area (Å²) in [5.74, 6) is 0.421. The molecule has 1 aromatic rings. The highest BCUT2D eigenvalue weighted by molar-refractivity contribution is 5.32. The highest BCUT2D eigenvalue weighted by Crippen LogP contribution is 2.21. The van der Waals surface area contributed by atoms with E-state index in [0.29, 0.717) is 24.8 Å². The molecule has 1 aromatic carbocycles. The normalized spacial score (nSPS) is 16.1. The minimum absolute atomic E-state index is 0.154. The van der Waals surface area contributed by atoms with Crippen LogP contribution in [-0.4, -0.2) is 18.7 Å². The van der Waals surface area contributed by atoms with Crippen molar-refractivity contribution in [2.75, 3.05) is 6.61 Å². The molecule has 96 valence electrons. The lowest BCUT2D eigenvalue weighted by Gasteiger charge is -2.12. The summed E-state index contributed by atoms with van der Waals surface area (Å²) < 4.78 is 18.5. The molecule has 0 spiro atoms. The highest BCUT2D eigenvalue weighted by Gasteiger charge is 2.24. The van der Waals surface area contributed by atoms with Crippen molar-refractivity contribution in [3.05, 3.63) is 29.6 Å². The van der Waals surface area contributed by atoms with Crippen LogP contribution in [0.2, 0.25) is 0 Å². The Morgan fingerprint density at radius 1 is 1.56 bits per heavy atom. The summed E-state index contributed by atoms with van der Waals surface area (Å²) in [6, 6.07) is 7.04. The maximum atomic E-state index is 12.9. The summed E-state index contributed by atoms with van der Waals surface area (Å²) in [5.41, 5.74) is 0.777. The van der Waals surface area contributed by atoms with E-state index < -0.39 is 0 Å². The number of halogens is 1. The number of nitrogens with zero attached hydrogens (tertiary/aromatic N) is 1. The zero-order chi connectivity index (χ0) is 13.0. The Hall–Kier alpha value is -1.60. The number of hydrogen-bond acceptors (Lipinski definition) is 3. The lowest BCUT2D eigenvalue weighted by molar-refractivity contribution is 0.295. The van der Waals surface area contributed by atoms with Gasteiger partial charge in [-0.1, -0.05) is 0 Å². The summed E-state index contributed by atoms with van der Waals surface area (Å²) in [7, 11) is 0. The van der Waals surface area contributed by atoms with Crippen molar-refractivity contribution in [3.63, 3.8) is 0 Å². The van der Waals surface area contributed by atoms with Gasteiger partial charge in [0.05, 0.1) is 18.7 Å². The van der Waals surface area contributed by atoms with E-state index >= 15 is 0 Å². The summed E-state index contributed by atoms with van der Waals surface area (Å²) >= 11 is 0. The maximum Gasteiger partial charge on any atom is 0.123 e. The fraction of sp³-hybridized carbons (Fsp3) is 0.500. The molecule has 0 saturated heterocycles. The van der Waals surface area contributed by atoms with Gasteiger partial charge in [-0.2, -0.15) is 5.26 Å². The van der Waals surface area contributed by atoms with Gasteiger partial charge in [0.1, 0.15) is 11.6 Å². The summed E-state index contributed by atoms with van der Waals surface area (Å²) in [6.07, 6.45) is 2.97. The molecule has 1 N–H and O–H groups in total. The predicted molar refractivity (Wildman–Crippen MR) is 66.8 cm³/mol. The molecule has 0 bridgehead atoms. The minimum Gasteiger partial charge on any atom is -0.493 e. The second-order valence-corrected chi connectivity index (χ2v) is 4.67. The van der Waals surface area contributed by atoms with Gasteiger partial charge in [0.15, 0.2) is 0 Å². The van der Waals surface area contributed by atoms with E-state index in [4.69, 9.17) is 10.00 Å². The maximum absolute atomic E-state index is 12.9. The Morgan fingerprint density at radius 2 is 2.33 bits per heavy atom. The van der Waals surface area contributed by atoms with E-state index in [1.165, 1.54) is 12.1 Å². The third-order valence-corrected chi connectivity index (χ3v) is 2.97. The third-order valence-electron chi connectivity index (χ3n) is 2.97. The first-order chi connectivity index (χ1) is 8.69. The second kappa shape index (κ2) is 5.83. The Labute approximate surface area is 107 Å². The van der Waals surface area contributed by atoms with Crippen molar-refractivity contribution in [3.8, 4) is 11.8 Å². The largest absolute Gasteiger partial charge is 0.493 e. The lowest BCUT2D eigenvalue weighted by atomic mass is 10.2. The van der Waals surface area contributed by atoms with Crippen LogP contribution in [0.5, 0.6) is 5.75 Å². The molecule has 0 radical (unpaired) electrons. The van der Waals surface area contributed by atoms with Gasteiger partial charge >= 0.3 is 0 Å². The predicted octanol–water partition coefficient (Wildman–Crippen LogP) is 2.55. The van der Waals surface area contributed by atoms with E-state index in [1.807, 2.05) is 6.92 Å². The van der Waals surface area contributed by atoms with Crippen LogP contribution in [0.15, 0.2) is 18.2 Å². The number of benzene rings is 1. The van der Waals surface area contributed by atoms with Gasteiger partial charge in [-0.3, -0.25) is 5.32 Å². The van der Waals surface area contributed by atoms with Crippen molar-refractivity contribution in [2.24, 2.45) is 0 Å². The highest BCUT2D eigenvalue weighted by atomic mass is 19.1. The van der Waals surface area contributed by atoms with Crippen molar-refractivity contribution in [1.29, 1.82) is 5.26 Å². The molecule has 3 nitrogen and oxygen atoms in total. The van der Waals surface area contributed by atoms with Crippen molar-refractivity contribution in [2.45, 2.75) is 38.3 Å². The number of nitriles is 1. The Balaban J connectivity index is 1.78. The van der Waals surface area contributed by atoms with Crippen LogP contribution in [0.4, 0.5) is 4.39 Å². The van der Waals surface area contributed by atoms with Crippen LogP contribution >= 0.6 is 0 Å². The van der Waals surface area contributed by atoms with Gasteiger partial charge in [-0.05, 0) is 43.5 Å². The molecule has 0 aromatic heterocycles. The fourth-order valence-corrected chi connectivity index (χ4v) is 1.78. The van der Waals surface area contributed by atoms with E-state index in [-0.39, 0.29) is 11.9 Å². The van der Waals surface area contributed by atoms with Crippen LogP contribution in [0.1, 0.15) is 24.8 Å².